The molecule has 0 fully saturated rings. The summed E-state index contributed by atoms with van der Waals surface area (Å²) in [6.45, 7) is 5.18. The molecule has 0 aromatic carbocycles. The molecule has 0 aromatic rings. The largest absolute Gasteiger partial charge is 0.298 e. The number of rotatable bonds is 1. The first-order valence-electron chi connectivity index (χ1n) is 1.74. The molecular formula is C4H7NS2. The highest BCUT2D eigenvalue weighted by molar-refractivity contribution is 8.25. The standard InChI is InChI=1S/C4H7NS2/c1-3(5)7-4(2)6/h5-6H,2H2,1H3. The Labute approximate surface area is 53.1 Å². The Kier molecular flexibility index (Phi) is 3.21. The van der Waals surface area contributed by atoms with Crippen molar-refractivity contribution in [2.45, 2.75) is 6.92 Å². The molecule has 0 heterocycles. The van der Waals surface area contributed by atoms with E-state index in [2.05, 4.69) is 19.2 Å². The highest BCUT2D eigenvalue weighted by Gasteiger charge is 1.86. The molecule has 0 atom stereocenters. The van der Waals surface area contributed by atoms with Crippen LogP contribution in [0, 0.1) is 5.41 Å². The molecule has 7 heavy (non-hydrogen) atoms. The molecule has 0 aliphatic carbocycles. The van der Waals surface area contributed by atoms with Crippen molar-refractivity contribution in [1.82, 2.24) is 0 Å². The molecule has 1 nitrogen and oxygen atoms in total. The van der Waals surface area contributed by atoms with Crippen molar-refractivity contribution in [3.63, 3.8) is 0 Å². The summed E-state index contributed by atoms with van der Waals surface area (Å²) in [5, 5.41) is 7.41. The molecule has 0 radical (unpaired) electrons. The molecule has 0 aliphatic heterocycles. The molecule has 0 rings (SSSR count). The van der Waals surface area contributed by atoms with E-state index in [4.69, 9.17) is 5.41 Å². The smallest absolute Gasteiger partial charge is 0.0662 e. The second-order valence-electron chi connectivity index (χ2n) is 1.05. The van der Waals surface area contributed by atoms with E-state index in [1.807, 2.05) is 0 Å². The van der Waals surface area contributed by atoms with Gasteiger partial charge < -0.3 is 0 Å². The monoisotopic (exact) mass is 133 g/mol. The number of thioether (sulfide) groups is 1. The van der Waals surface area contributed by atoms with E-state index in [0.717, 1.165) is 0 Å². The lowest BCUT2D eigenvalue weighted by Crippen LogP contribution is -1.73. The van der Waals surface area contributed by atoms with Gasteiger partial charge in [0.15, 0.2) is 0 Å². The summed E-state index contributed by atoms with van der Waals surface area (Å²) < 4.78 is 0.674. The van der Waals surface area contributed by atoms with Crippen LogP contribution in [0.3, 0.4) is 0 Å². The van der Waals surface area contributed by atoms with Crippen LogP contribution in [0.2, 0.25) is 0 Å². The second-order valence-corrected chi connectivity index (χ2v) is 3.20. The average molecular weight is 133 g/mol. The predicted octanol–water partition coefficient (Wildman–Crippen LogP) is 2.12. The molecular weight excluding hydrogens is 126 g/mol. The lowest BCUT2D eigenvalue weighted by atomic mass is 10.9. The van der Waals surface area contributed by atoms with Gasteiger partial charge in [-0.15, -0.1) is 12.6 Å². The van der Waals surface area contributed by atoms with Crippen LogP contribution < -0.4 is 0 Å². The zero-order valence-corrected chi connectivity index (χ0v) is 5.77. The summed E-state index contributed by atoms with van der Waals surface area (Å²) in [5.41, 5.74) is 0. The summed E-state index contributed by atoms with van der Waals surface area (Å²) in [4.78, 5) is 0. The number of nitrogens with one attached hydrogen (secondary N) is 1. The Hall–Kier alpha value is 0.110. The maximum absolute atomic E-state index is 6.88. The van der Waals surface area contributed by atoms with Crippen LogP contribution in [0.4, 0.5) is 0 Å². The summed E-state index contributed by atoms with van der Waals surface area (Å²) >= 11 is 5.13. The second kappa shape index (κ2) is 3.16. The van der Waals surface area contributed by atoms with E-state index in [1.54, 1.807) is 6.92 Å². The van der Waals surface area contributed by atoms with Gasteiger partial charge in [0.1, 0.15) is 0 Å². The van der Waals surface area contributed by atoms with Gasteiger partial charge in [0, 0.05) is 4.24 Å². The minimum absolute atomic E-state index is 0.528. The molecule has 40 valence electrons. The normalized spacial score (nSPS) is 8.29. The Balaban J connectivity index is 3.32. The van der Waals surface area contributed by atoms with Gasteiger partial charge >= 0.3 is 0 Å². The van der Waals surface area contributed by atoms with Crippen molar-refractivity contribution in [3.8, 4) is 0 Å². The van der Waals surface area contributed by atoms with Gasteiger partial charge in [0.05, 0.1) is 5.04 Å². The Morgan fingerprint density at radius 3 is 2.29 bits per heavy atom. The maximum atomic E-state index is 6.88. The van der Waals surface area contributed by atoms with E-state index in [1.165, 1.54) is 11.8 Å². The first-order valence-corrected chi connectivity index (χ1v) is 3.00. The van der Waals surface area contributed by atoms with E-state index in [9.17, 15) is 0 Å². The first kappa shape index (κ1) is 7.11. The van der Waals surface area contributed by atoms with Crippen molar-refractivity contribution in [2.24, 2.45) is 0 Å². The fraction of sp³-hybridized carbons (Fsp3) is 0.250. The highest BCUT2D eigenvalue weighted by Crippen LogP contribution is 2.16. The third-order valence-corrected chi connectivity index (χ3v) is 1.09. The molecule has 0 saturated heterocycles. The Morgan fingerprint density at radius 1 is 1.86 bits per heavy atom. The van der Waals surface area contributed by atoms with Crippen LogP contribution >= 0.6 is 24.4 Å². The lowest BCUT2D eigenvalue weighted by Gasteiger charge is -1.89. The van der Waals surface area contributed by atoms with Gasteiger partial charge in [-0.05, 0) is 6.92 Å². The van der Waals surface area contributed by atoms with Gasteiger partial charge in [-0.25, -0.2) is 0 Å². The van der Waals surface area contributed by atoms with Crippen molar-refractivity contribution in [2.75, 3.05) is 0 Å². The molecule has 0 spiro atoms. The predicted molar refractivity (Wildman–Crippen MR) is 39.1 cm³/mol. The van der Waals surface area contributed by atoms with Crippen molar-refractivity contribution >= 4 is 29.4 Å². The molecule has 1 N–H and O–H groups in total. The molecule has 0 aliphatic rings. The SMILES string of the molecule is C=C(S)SC(C)=N. The topological polar surface area (TPSA) is 23.9 Å². The number of hydrogen-bond acceptors (Lipinski definition) is 3. The van der Waals surface area contributed by atoms with E-state index in [-0.39, 0.29) is 0 Å². The van der Waals surface area contributed by atoms with Gasteiger partial charge in [-0.1, -0.05) is 18.3 Å². The van der Waals surface area contributed by atoms with E-state index >= 15 is 0 Å². The van der Waals surface area contributed by atoms with Gasteiger partial charge in [0.2, 0.25) is 0 Å². The van der Waals surface area contributed by atoms with E-state index < -0.39 is 0 Å². The third kappa shape index (κ3) is 6.11. The van der Waals surface area contributed by atoms with Crippen LogP contribution in [0.15, 0.2) is 10.8 Å². The quantitative estimate of drug-likeness (QED) is 0.319. The van der Waals surface area contributed by atoms with Gasteiger partial charge in [-0.3, -0.25) is 5.41 Å². The molecule has 0 unspecified atom stereocenters. The molecule has 0 amide bonds. The maximum Gasteiger partial charge on any atom is 0.0662 e. The van der Waals surface area contributed by atoms with Crippen LogP contribution in [0.1, 0.15) is 6.92 Å². The number of thiol groups is 1. The van der Waals surface area contributed by atoms with Crippen LogP contribution in [0.5, 0.6) is 0 Å². The van der Waals surface area contributed by atoms with Crippen molar-refractivity contribution in [3.05, 3.63) is 10.8 Å². The van der Waals surface area contributed by atoms with Gasteiger partial charge in [-0.2, -0.15) is 0 Å². The first-order chi connectivity index (χ1) is 3.13. The van der Waals surface area contributed by atoms with Crippen molar-refractivity contribution in [1.29, 1.82) is 5.41 Å². The summed E-state index contributed by atoms with van der Waals surface area (Å²) in [6.07, 6.45) is 0. The lowest BCUT2D eigenvalue weighted by molar-refractivity contribution is 1.54. The average Bonchev–Trinajstić information content (AvgIpc) is 1.27. The summed E-state index contributed by atoms with van der Waals surface area (Å²) in [6, 6.07) is 0. The van der Waals surface area contributed by atoms with Crippen LogP contribution in [-0.4, -0.2) is 5.04 Å². The third-order valence-electron chi connectivity index (χ3n) is 0.271. The zero-order chi connectivity index (χ0) is 5.86. The molecule has 0 bridgehead atoms. The molecule has 0 aromatic heterocycles. The molecule has 3 heteroatoms. The fourth-order valence-electron chi connectivity index (χ4n) is 0.177. The summed E-state index contributed by atoms with van der Waals surface area (Å²) in [7, 11) is 0. The Bertz CT molecular complexity index is 85.9. The van der Waals surface area contributed by atoms with Crippen LogP contribution in [-0.2, 0) is 0 Å². The number of hydrogen-bond donors (Lipinski definition) is 2. The van der Waals surface area contributed by atoms with Gasteiger partial charge in [0.25, 0.3) is 0 Å². The minimum atomic E-state index is 0.528. The molecule has 0 saturated carbocycles. The zero-order valence-electron chi connectivity index (χ0n) is 4.06. The van der Waals surface area contributed by atoms with Crippen LogP contribution in [0.25, 0.3) is 0 Å². The fourth-order valence-corrected chi connectivity index (χ4v) is 0.941. The minimum Gasteiger partial charge on any atom is -0.298 e. The van der Waals surface area contributed by atoms with E-state index in [0.29, 0.717) is 9.28 Å². The summed E-state index contributed by atoms with van der Waals surface area (Å²) in [5.74, 6) is 0. The van der Waals surface area contributed by atoms with Crippen molar-refractivity contribution < 1.29 is 0 Å². The Morgan fingerprint density at radius 2 is 2.29 bits per heavy atom. The highest BCUT2D eigenvalue weighted by atomic mass is 32.2.